The van der Waals surface area contributed by atoms with E-state index < -0.39 is 5.97 Å². The molecule has 1 aromatic rings. The molecule has 0 aromatic heterocycles. The number of hydrogen-bond acceptors (Lipinski definition) is 4. The third kappa shape index (κ3) is 4.08. The fourth-order valence-electron chi connectivity index (χ4n) is 2.44. The van der Waals surface area contributed by atoms with E-state index in [4.69, 9.17) is 5.11 Å². The predicted molar refractivity (Wildman–Crippen MR) is 87.0 cm³/mol. The maximum Gasteiger partial charge on any atom is 0.304 e. The molecule has 0 radical (unpaired) electrons. The number of aliphatic carboxylic acids is 1. The van der Waals surface area contributed by atoms with E-state index in [-0.39, 0.29) is 23.4 Å². The Hall–Kier alpha value is -0.850. The molecule has 2 atom stereocenters. The lowest BCUT2D eigenvalue weighted by atomic mass is 9.93. The first-order valence-corrected chi connectivity index (χ1v) is 8.46. The Balaban J connectivity index is 2.10. The highest BCUT2D eigenvalue weighted by Crippen LogP contribution is 2.39. The Morgan fingerprint density at radius 2 is 2.19 bits per heavy atom. The molecule has 2 rings (SSSR count). The highest BCUT2D eigenvalue weighted by atomic mass is 79.9. The van der Waals surface area contributed by atoms with Gasteiger partial charge in [-0.3, -0.25) is 9.59 Å². The molecule has 1 aliphatic heterocycles. The maximum absolute atomic E-state index is 12.7. The minimum atomic E-state index is -0.812. The Morgan fingerprint density at radius 3 is 2.86 bits per heavy atom. The minimum Gasteiger partial charge on any atom is -0.481 e. The van der Waals surface area contributed by atoms with Gasteiger partial charge in [-0.2, -0.15) is 0 Å². The minimum absolute atomic E-state index is 0.0983. The molecule has 0 aliphatic carbocycles. The molecule has 1 heterocycles. The molecular formula is C15H18BrNO3S. The van der Waals surface area contributed by atoms with Crippen molar-refractivity contribution in [1.82, 2.24) is 4.90 Å². The van der Waals surface area contributed by atoms with Crippen LogP contribution in [0, 0.1) is 5.92 Å². The van der Waals surface area contributed by atoms with Crippen LogP contribution in [0.1, 0.15) is 23.7 Å². The van der Waals surface area contributed by atoms with E-state index in [1.54, 1.807) is 11.8 Å². The lowest BCUT2D eigenvalue weighted by Crippen LogP contribution is -2.38. The highest BCUT2D eigenvalue weighted by Gasteiger charge is 2.34. The molecule has 0 saturated carbocycles. The summed E-state index contributed by atoms with van der Waals surface area (Å²) in [6, 6.07) is 5.80. The van der Waals surface area contributed by atoms with Crippen LogP contribution in [0.2, 0.25) is 0 Å². The van der Waals surface area contributed by atoms with E-state index in [0.717, 1.165) is 14.9 Å². The van der Waals surface area contributed by atoms with Gasteiger partial charge < -0.3 is 10.0 Å². The second-order valence-electron chi connectivity index (χ2n) is 5.34. The monoisotopic (exact) mass is 371 g/mol. The van der Waals surface area contributed by atoms with Gasteiger partial charge in [-0.05, 0) is 25.2 Å². The molecule has 1 aliphatic rings. The third-order valence-electron chi connectivity index (χ3n) is 3.64. The van der Waals surface area contributed by atoms with Gasteiger partial charge in [0.2, 0.25) is 0 Å². The maximum atomic E-state index is 12.7. The van der Waals surface area contributed by atoms with E-state index in [0.29, 0.717) is 13.1 Å². The standard InChI is InChI=1S/C15H18BrNO3S/c1-9-12(8-17(2)6-5-14(18)19)15(20)11-7-10(16)3-4-13(11)21-9/h3-4,7,9,12H,5-6,8H2,1-2H3,(H,18,19). The summed E-state index contributed by atoms with van der Waals surface area (Å²) in [5.74, 6) is -0.760. The summed E-state index contributed by atoms with van der Waals surface area (Å²) in [5, 5.41) is 8.92. The van der Waals surface area contributed by atoms with Crippen molar-refractivity contribution >= 4 is 39.4 Å². The van der Waals surface area contributed by atoms with Gasteiger partial charge in [0.05, 0.1) is 6.42 Å². The molecule has 6 heteroatoms. The normalized spacial score (nSPS) is 21.4. The smallest absolute Gasteiger partial charge is 0.304 e. The van der Waals surface area contributed by atoms with Crippen molar-refractivity contribution in [2.45, 2.75) is 23.5 Å². The van der Waals surface area contributed by atoms with Crippen molar-refractivity contribution in [3.05, 3.63) is 28.2 Å². The summed E-state index contributed by atoms with van der Waals surface area (Å²) in [6.07, 6.45) is 0.0983. The second kappa shape index (κ2) is 6.94. The summed E-state index contributed by atoms with van der Waals surface area (Å²) in [7, 11) is 1.87. The molecule has 0 amide bonds. The number of fused-ring (bicyclic) bond motifs is 1. The molecule has 1 N–H and O–H groups in total. The Bertz CT molecular complexity index is 564. The molecule has 0 fully saturated rings. The van der Waals surface area contributed by atoms with Crippen molar-refractivity contribution in [2.24, 2.45) is 5.92 Å². The quantitative estimate of drug-likeness (QED) is 0.861. The number of carbonyl (C=O) groups excluding carboxylic acids is 1. The van der Waals surface area contributed by atoms with E-state index >= 15 is 0 Å². The van der Waals surface area contributed by atoms with Gasteiger partial charge >= 0.3 is 5.97 Å². The fraction of sp³-hybridized carbons (Fsp3) is 0.467. The average molecular weight is 372 g/mol. The number of benzene rings is 1. The molecule has 0 saturated heterocycles. The van der Waals surface area contributed by atoms with Gasteiger partial charge in [-0.1, -0.05) is 22.9 Å². The first-order chi connectivity index (χ1) is 9.88. The first kappa shape index (κ1) is 16.5. The molecule has 21 heavy (non-hydrogen) atoms. The van der Waals surface area contributed by atoms with Crippen LogP contribution < -0.4 is 0 Å². The van der Waals surface area contributed by atoms with Crippen LogP contribution in [0.25, 0.3) is 0 Å². The van der Waals surface area contributed by atoms with Gasteiger partial charge in [-0.25, -0.2) is 0 Å². The number of ketones is 1. The van der Waals surface area contributed by atoms with Crippen LogP contribution in [-0.4, -0.2) is 47.1 Å². The van der Waals surface area contributed by atoms with Crippen LogP contribution in [0.15, 0.2) is 27.6 Å². The molecule has 0 spiro atoms. The zero-order chi connectivity index (χ0) is 15.6. The number of carboxylic acid groups (broad SMARTS) is 1. The van der Waals surface area contributed by atoms with Gasteiger partial charge in [0.15, 0.2) is 5.78 Å². The van der Waals surface area contributed by atoms with Crippen LogP contribution in [-0.2, 0) is 4.79 Å². The molecular weight excluding hydrogens is 354 g/mol. The summed E-state index contributed by atoms with van der Waals surface area (Å²) in [4.78, 5) is 26.3. The van der Waals surface area contributed by atoms with Crippen molar-refractivity contribution in [2.75, 3.05) is 20.1 Å². The van der Waals surface area contributed by atoms with Crippen LogP contribution in [0.5, 0.6) is 0 Å². The lowest BCUT2D eigenvalue weighted by molar-refractivity contribution is -0.137. The summed E-state index contributed by atoms with van der Waals surface area (Å²) >= 11 is 5.12. The summed E-state index contributed by atoms with van der Waals surface area (Å²) in [5.41, 5.74) is 0.768. The Labute approximate surface area is 137 Å². The molecule has 2 unspecified atom stereocenters. The van der Waals surface area contributed by atoms with Crippen molar-refractivity contribution in [1.29, 1.82) is 0 Å². The van der Waals surface area contributed by atoms with Crippen LogP contribution >= 0.6 is 27.7 Å². The zero-order valence-corrected chi connectivity index (χ0v) is 14.4. The molecule has 0 bridgehead atoms. The van der Waals surface area contributed by atoms with Crippen molar-refractivity contribution in [3.8, 4) is 0 Å². The van der Waals surface area contributed by atoms with E-state index in [2.05, 4.69) is 22.9 Å². The summed E-state index contributed by atoms with van der Waals surface area (Å²) in [6.45, 7) is 3.11. The molecule has 1 aromatic carbocycles. The number of Topliss-reactive ketones (excluding diaryl/α,β-unsaturated/α-hetero) is 1. The number of carboxylic acids is 1. The van der Waals surface area contributed by atoms with E-state index in [1.165, 1.54) is 0 Å². The first-order valence-electron chi connectivity index (χ1n) is 6.79. The van der Waals surface area contributed by atoms with Crippen LogP contribution in [0.3, 0.4) is 0 Å². The van der Waals surface area contributed by atoms with Gasteiger partial charge in [0, 0.05) is 39.2 Å². The SMILES string of the molecule is CC1Sc2ccc(Br)cc2C(=O)C1CN(C)CCC(=O)O. The van der Waals surface area contributed by atoms with E-state index in [1.807, 2.05) is 30.1 Å². The van der Waals surface area contributed by atoms with Crippen molar-refractivity contribution in [3.63, 3.8) is 0 Å². The zero-order valence-electron chi connectivity index (χ0n) is 12.0. The number of hydrogen-bond donors (Lipinski definition) is 1. The van der Waals surface area contributed by atoms with Gasteiger partial charge in [-0.15, -0.1) is 11.8 Å². The Kier molecular flexibility index (Phi) is 5.46. The molecule has 114 valence electrons. The van der Waals surface area contributed by atoms with Crippen molar-refractivity contribution < 1.29 is 14.7 Å². The molecule has 4 nitrogen and oxygen atoms in total. The van der Waals surface area contributed by atoms with Gasteiger partial charge in [0.1, 0.15) is 0 Å². The highest BCUT2D eigenvalue weighted by molar-refractivity contribution is 9.10. The fourth-order valence-corrected chi connectivity index (χ4v) is 4.01. The number of halogens is 1. The third-order valence-corrected chi connectivity index (χ3v) is 5.44. The summed E-state index contributed by atoms with van der Waals surface area (Å²) < 4.78 is 0.905. The second-order valence-corrected chi connectivity index (χ2v) is 7.67. The topological polar surface area (TPSA) is 57.6 Å². The Morgan fingerprint density at radius 1 is 1.48 bits per heavy atom. The van der Waals surface area contributed by atoms with Crippen LogP contribution in [0.4, 0.5) is 0 Å². The average Bonchev–Trinajstić information content (AvgIpc) is 2.42. The predicted octanol–water partition coefficient (Wildman–Crippen LogP) is 3.15. The van der Waals surface area contributed by atoms with Gasteiger partial charge in [0.25, 0.3) is 0 Å². The number of nitrogens with zero attached hydrogens (tertiary/aromatic N) is 1. The van der Waals surface area contributed by atoms with E-state index in [9.17, 15) is 9.59 Å². The number of rotatable bonds is 5. The largest absolute Gasteiger partial charge is 0.481 e. The number of carbonyl (C=O) groups is 2. The number of thioether (sulfide) groups is 1. The lowest BCUT2D eigenvalue weighted by Gasteiger charge is -2.31.